The van der Waals surface area contributed by atoms with Crippen molar-refractivity contribution < 1.29 is 9.50 Å². The van der Waals surface area contributed by atoms with Crippen molar-refractivity contribution in [3.63, 3.8) is 0 Å². The lowest BCUT2D eigenvalue weighted by atomic mass is 9.93. The maximum absolute atomic E-state index is 13.1. The van der Waals surface area contributed by atoms with Crippen LogP contribution in [0, 0.1) is 11.7 Å². The lowest BCUT2D eigenvalue weighted by Gasteiger charge is -2.15. The van der Waals surface area contributed by atoms with E-state index in [1.54, 1.807) is 6.07 Å². The highest BCUT2D eigenvalue weighted by Crippen LogP contribution is 2.23. The van der Waals surface area contributed by atoms with Crippen molar-refractivity contribution in [2.45, 2.75) is 12.8 Å². The van der Waals surface area contributed by atoms with Gasteiger partial charge in [0.25, 0.3) is 0 Å². The number of rotatable bonds is 5. The van der Waals surface area contributed by atoms with E-state index in [4.69, 9.17) is 11.6 Å². The fraction of sp³-hybridized carbons (Fsp3) is 0.250. The summed E-state index contributed by atoms with van der Waals surface area (Å²) >= 11 is 9.32. The van der Waals surface area contributed by atoms with Gasteiger partial charge in [-0.1, -0.05) is 45.7 Å². The summed E-state index contributed by atoms with van der Waals surface area (Å²) < 4.78 is 13.8. The summed E-state index contributed by atoms with van der Waals surface area (Å²) in [5.74, 6) is -0.189. The van der Waals surface area contributed by atoms with Gasteiger partial charge in [-0.2, -0.15) is 0 Å². The topological polar surface area (TPSA) is 20.2 Å². The zero-order chi connectivity index (χ0) is 14.5. The standard InChI is InChI=1S/C16H15BrClFO/c17-16-9-15(19)5-4-13(16)7-12(10-20)6-11-2-1-3-14(18)8-11/h1-5,8-9,12,20H,6-7,10H2. The van der Waals surface area contributed by atoms with Gasteiger partial charge in [-0.05, 0) is 54.2 Å². The third-order valence-electron chi connectivity index (χ3n) is 3.20. The molecule has 0 aliphatic carbocycles. The van der Waals surface area contributed by atoms with Gasteiger partial charge in [0, 0.05) is 16.1 Å². The predicted molar refractivity (Wildman–Crippen MR) is 83.5 cm³/mol. The molecule has 2 aromatic rings. The van der Waals surface area contributed by atoms with Gasteiger partial charge in [0.05, 0.1) is 0 Å². The van der Waals surface area contributed by atoms with E-state index in [9.17, 15) is 9.50 Å². The fourth-order valence-electron chi connectivity index (χ4n) is 2.20. The minimum atomic E-state index is -0.268. The predicted octanol–water partition coefficient (Wildman–Crippen LogP) is 4.64. The van der Waals surface area contributed by atoms with Crippen LogP contribution in [0.25, 0.3) is 0 Å². The van der Waals surface area contributed by atoms with Gasteiger partial charge in [-0.15, -0.1) is 0 Å². The Morgan fingerprint density at radius 3 is 2.60 bits per heavy atom. The van der Waals surface area contributed by atoms with Gasteiger partial charge in [-0.25, -0.2) is 4.39 Å². The van der Waals surface area contributed by atoms with Crippen LogP contribution in [0.4, 0.5) is 4.39 Å². The highest BCUT2D eigenvalue weighted by molar-refractivity contribution is 9.10. The Labute approximate surface area is 131 Å². The van der Waals surface area contributed by atoms with E-state index < -0.39 is 0 Å². The lowest BCUT2D eigenvalue weighted by Crippen LogP contribution is -2.13. The molecule has 0 heterocycles. The molecule has 2 aromatic carbocycles. The molecule has 0 amide bonds. The minimum absolute atomic E-state index is 0.0789. The zero-order valence-corrected chi connectivity index (χ0v) is 13.2. The molecule has 1 N–H and O–H groups in total. The van der Waals surface area contributed by atoms with Crippen molar-refractivity contribution >= 4 is 27.5 Å². The molecule has 0 saturated carbocycles. The summed E-state index contributed by atoms with van der Waals surface area (Å²) in [7, 11) is 0. The molecule has 106 valence electrons. The second-order valence-electron chi connectivity index (χ2n) is 4.82. The zero-order valence-electron chi connectivity index (χ0n) is 10.8. The van der Waals surface area contributed by atoms with Gasteiger partial charge in [-0.3, -0.25) is 0 Å². The van der Waals surface area contributed by atoms with Gasteiger partial charge < -0.3 is 5.11 Å². The van der Waals surface area contributed by atoms with Crippen LogP contribution in [0.2, 0.25) is 5.02 Å². The number of hydrogen-bond donors (Lipinski definition) is 1. The SMILES string of the molecule is OCC(Cc1cccc(Cl)c1)Cc1ccc(F)cc1Br. The molecule has 20 heavy (non-hydrogen) atoms. The summed E-state index contributed by atoms with van der Waals surface area (Å²) in [6.45, 7) is 0.0797. The van der Waals surface area contributed by atoms with Gasteiger partial charge in [0.15, 0.2) is 0 Å². The monoisotopic (exact) mass is 356 g/mol. The van der Waals surface area contributed by atoms with Crippen molar-refractivity contribution in [1.29, 1.82) is 0 Å². The maximum Gasteiger partial charge on any atom is 0.124 e. The van der Waals surface area contributed by atoms with E-state index in [1.807, 2.05) is 24.3 Å². The van der Waals surface area contributed by atoms with E-state index >= 15 is 0 Å². The van der Waals surface area contributed by atoms with E-state index in [1.165, 1.54) is 12.1 Å². The summed E-state index contributed by atoms with van der Waals surface area (Å²) in [5, 5.41) is 10.2. The second kappa shape index (κ2) is 7.21. The maximum atomic E-state index is 13.1. The number of halogens is 3. The Morgan fingerprint density at radius 2 is 1.95 bits per heavy atom. The molecule has 1 unspecified atom stereocenters. The fourth-order valence-corrected chi connectivity index (χ4v) is 2.92. The first-order valence-corrected chi connectivity index (χ1v) is 7.55. The Balaban J connectivity index is 2.09. The number of aliphatic hydroxyl groups is 1. The summed E-state index contributed by atoms with van der Waals surface area (Å²) in [6.07, 6.45) is 1.42. The molecule has 0 bridgehead atoms. The first-order valence-electron chi connectivity index (χ1n) is 6.37. The average Bonchev–Trinajstić information content (AvgIpc) is 2.41. The first-order chi connectivity index (χ1) is 9.58. The summed E-state index contributed by atoms with van der Waals surface area (Å²) in [4.78, 5) is 0. The van der Waals surface area contributed by atoms with Crippen LogP contribution in [0.15, 0.2) is 46.9 Å². The molecule has 0 fully saturated rings. The molecule has 0 saturated heterocycles. The third-order valence-corrected chi connectivity index (χ3v) is 4.17. The second-order valence-corrected chi connectivity index (χ2v) is 6.11. The van der Waals surface area contributed by atoms with Crippen molar-refractivity contribution in [3.8, 4) is 0 Å². The van der Waals surface area contributed by atoms with Crippen LogP contribution in [0.3, 0.4) is 0 Å². The van der Waals surface area contributed by atoms with Gasteiger partial charge >= 0.3 is 0 Å². The summed E-state index contributed by atoms with van der Waals surface area (Å²) in [5.41, 5.74) is 2.09. The molecule has 0 aromatic heterocycles. The van der Waals surface area contributed by atoms with Crippen LogP contribution in [0.5, 0.6) is 0 Å². The normalized spacial score (nSPS) is 12.4. The van der Waals surface area contributed by atoms with Crippen LogP contribution < -0.4 is 0 Å². The van der Waals surface area contributed by atoms with Crippen molar-refractivity contribution in [2.75, 3.05) is 6.61 Å². The van der Waals surface area contributed by atoms with Crippen LogP contribution in [-0.2, 0) is 12.8 Å². The highest BCUT2D eigenvalue weighted by Gasteiger charge is 2.12. The molecule has 0 aliphatic heterocycles. The molecule has 1 atom stereocenters. The number of hydrogen-bond acceptors (Lipinski definition) is 1. The van der Waals surface area contributed by atoms with Gasteiger partial charge in [0.1, 0.15) is 5.82 Å². The molecule has 0 radical (unpaired) electrons. The molecule has 1 nitrogen and oxygen atoms in total. The van der Waals surface area contributed by atoms with E-state index in [0.717, 1.165) is 22.0 Å². The third kappa shape index (κ3) is 4.30. The Kier molecular flexibility index (Phi) is 5.58. The molecule has 4 heteroatoms. The first kappa shape index (κ1) is 15.5. The smallest absolute Gasteiger partial charge is 0.124 e. The Hall–Kier alpha value is -0.900. The average molecular weight is 358 g/mol. The van der Waals surface area contributed by atoms with Crippen molar-refractivity contribution in [1.82, 2.24) is 0 Å². The van der Waals surface area contributed by atoms with Gasteiger partial charge in [0.2, 0.25) is 0 Å². The van der Waals surface area contributed by atoms with Crippen LogP contribution in [-0.4, -0.2) is 11.7 Å². The molecular weight excluding hydrogens is 343 g/mol. The van der Waals surface area contributed by atoms with E-state index in [2.05, 4.69) is 15.9 Å². The summed E-state index contributed by atoms with van der Waals surface area (Å²) in [6, 6.07) is 12.3. The number of benzene rings is 2. The molecule has 0 spiro atoms. The Bertz CT molecular complexity index is 588. The molecule has 0 aliphatic rings. The number of aliphatic hydroxyl groups excluding tert-OH is 1. The van der Waals surface area contributed by atoms with Crippen LogP contribution >= 0.6 is 27.5 Å². The van der Waals surface area contributed by atoms with Crippen LogP contribution in [0.1, 0.15) is 11.1 Å². The minimum Gasteiger partial charge on any atom is -0.396 e. The van der Waals surface area contributed by atoms with E-state index in [0.29, 0.717) is 11.4 Å². The quantitative estimate of drug-likeness (QED) is 0.827. The van der Waals surface area contributed by atoms with E-state index in [-0.39, 0.29) is 18.3 Å². The van der Waals surface area contributed by atoms with Crippen molar-refractivity contribution in [2.24, 2.45) is 5.92 Å². The molecule has 2 rings (SSSR count). The lowest BCUT2D eigenvalue weighted by molar-refractivity contribution is 0.225. The molecular formula is C16H15BrClFO. The Morgan fingerprint density at radius 1 is 1.15 bits per heavy atom. The highest BCUT2D eigenvalue weighted by atomic mass is 79.9. The largest absolute Gasteiger partial charge is 0.396 e. The van der Waals surface area contributed by atoms with Crippen molar-refractivity contribution in [3.05, 3.63) is 68.9 Å².